The van der Waals surface area contributed by atoms with E-state index in [4.69, 9.17) is 17.0 Å². The molecule has 0 fully saturated rings. The number of hydrogen-bond donors (Lipinski definition) is 1. The van der Waals surface area contributed by atoms with Gasteiger partial charge in [-0.1, -0.05) is 18.2 Å². The summed E-state index contributed by atoms with van der Waals surface area (Å²) in [7, 11) is -3.52. The maximum Gasteiger partial charge on any atom is 0.244 e. The smallest absolute Gasteiger partial charge is 0.244 e. The molecule has 1 aliphatic rings. The Morgan fingerprint density at radius 1 is 1.29 bits per heavy atom. The fourth-order valence-electron chi connectivity index (χ4n) is 2.34. The molecule has 1 heterocycles. The molecule has 24 heavy (non-hydrogen) atoms. The minimum absolute atomic E-state index is 0.209. The van der Waals surface area contributed by atoms with Crippen LogP contribution in [0.4, 0.5) is 5.69 Å². The van der Waals surface area contributed by atoms with Crippen molar-refractivity contribution in [2.75, 3.05) is 18.1 Å². The van der Waals surface area contributed by atoms with Crippen molar-refractivity contribution in [2.45, 2.75) is 16.7 Å². The van der Waals surface area contributed by atoms with Crippen molar-refractivity contribution in [3.8, 4) is 5.75 Å². The third-order valence-electron chi connectivity index (χ3n) is 3.53. The predicted molar refractivity (Wildman–Crippen MR) is 100 cm³/mol. The number of anilines is 1. The van der Waals surface area contributed by atoms with Crippen molar-refractivity contribution in [1.82, 2.24) is 4.72 Å². The van der Waals surface area contributed by atoms with Gasteiger partial charge in [0.2, 0.25) is 14.4 Å². The van der Waals surface area contributed by atoms with Crippen molar-refractivity contribution in [1.29, 1.82) is 0 Å². The maximum absolute atomic E-state index is 12.2. The first-order valence-corrected chi connectivity index (χ1v) is 10.0. The monoisotopic (exact) mass is 380 g/mol. The largest absolute Gasteiger partial charge is 0.439 e. The van der Waals surface area contributed by atoms with E-state index in [9.17, 15) is 8.42 Å². The van der Waals surface area contributed by atoms with Crippen LogP contribution in [-0.2, 0) is 10.0 Å². The Kier molecular flexibility index (Phi) is 5.09. The summed E-state index contributed by atoms with van der Waals surface area (Å²) >= 11 is 6.56. The minimum atomic E-state index is -3.52. The van der Waals surface area contributed by atoms with Crippen LogP contribution in [0.15, 0.2) is 58.3 Å². The molecule has 8 heteroatoms. The predicted octanol–water partition coefficient (Wildman–Crippen LogP) is 3.22. The molecule has 0 atom stereocenters. The molecule has 0 spiro atoms. The molecule has 1 aliphatic heterocycles. The molecule has 5 nitrogen and oxygen atoms in total. The van der Waals surface area contributed by atoms with Crippen LogP contribution in [0.25, 0.3) is 0 Å². The highest BCUT2D eigenvalue weighted by molar-refractivity contribution is 8.22. The lowest BCUT2D eigenvalue weighted by Gasteiger charge is -2.30. The van der Waals surface area contributed by atoms with Gasteiger partial charge in [0, 0.05) is 17.5 Å². The van der Waals surface area contributed by atoms with Crippen molar-refractivity contribution < 1.29 is 13.2 Å². The minimum Gasteiger partial charge on any atom is -0.439 e. The van der Waals surface area contributed by atoms with Gasteiger partial charge >= 0.3 is 0 Å². The molecule has 3 rings (SSSR count). The lowest BCUT2D eigenvalue weighted by atomic mass is 10.2. The quantitative estimate of drug-likeness (QED) is 0.652. The van der Waals surface area contributed by atoms with Crippen LogP contribution in [0.2, 0.25) is 0 Å². The van der Waals surface area contributed by atoms with E-state index in [0.717, 1.165) is 4.90 Å². The number of nitrogens with zero attached hydrogens (tertiary/aromatic N) is 1. The zero-order valence-corrected chi connectivity index (χ0v) is 15.4. The molecule has 126 valence electrons. The zero-order valence-electron chi connectivity index (χ0n) is 12.9. The molecular weight excluding hydrogens is 364 g/mol. The topological polar surface area (TPSA) is 58.6 Å². The second-order valence-electron chi connectivity index (χ2n) is 5.06. The first-order valence-electron chi connectivity index (χ1n) is 7.33. The van der Waals surface area contributed by atoms with Gasteiger partial charge in [-0.25, -0.2) is 8.42 Å². The first-order chi connectivity index (χ1) is 11.5. The molecule has 0 aromatic heterocycles. The number of thiocarbonyl (C=S) groups is 1. The normalized spacial score (nSPS) is 15.6. The van der Waals surface area contributed by atoms with Gasteiger partial charge in [-0.2, -0.15) is 4.72 Å². The summed E-state index contributed by atoms with van der Waals surface area (Å²) in [5, 5.41) is 0. The molecule has 0 saturated heterocycles. The van der Waals surface area contributed by atoms with Crippen LogP contribution >= 0.6 is 24.0 Å². The highest BCUT2D eigenvalue weighted by Gasteiger charge is 2.27. The summed E-state index contributed by atoms with van der Waals surface area (Å²) in [6, 6.07) is 14.6. The van der Waals surface area contributed by atoms with E-state index in [0.29, 0.717) is 22.4 Å². The number of hydrogen-bond acceptors (Lipinski definition) is 6. The second-order valence-corrected chi connectivity index (χ2v) is 8.47. The summed E-state index contributed by atoms with van der Waals surface area (Å²) in [5.41, 5.74) is 0.672. The fourth-order valence-corrected chi connectivity index (χ4v) is 4.58. The molecule has 0 unspecified atom stereocenters. The number of sulfonamides is 1. The average molecular weight is 381 g/mol. The Balaban J connectivity index is 1.82. The van der Waals surface area contributed by atoms with Crippen LogP contribution in [-0.4, -0.2) is 26.0 Å². The lowest BCUT2D eigenvalue weighted by molar-refractivity contribution is 0.561. The summed E-state index contributed by atoms with van der Waals surface area (Å²) in [6.45, 7) is 2.95. The number of benzene rings is 2. The van der Waals surface area contributed by atoms with Gasteiger partial charge in [0.25, 0.3) is 0 Å². The van der Waals surface area contributed by atoms with Gasteiger partial charge in [0.15, 0.2) is 0 Å². The Hall–Kier alpha value is -1.61. The molecule has 1 N–H and O–H groups in total. The van der Waals surface area contributed by atoms with Crippen molar-refractivity contribution in [3.63, 3.8) is 0 Å². The summed E-state index contributed by atoms with van der Waals surface area (Å²) in [4.78, 5) is 3.12. The lowest BCUT2D eigenvalue weighted by Crippen LogP contribution is -2.42. The molecule has 2 aromatic carbocycles. The summed E-state index contributed by atoms with van der Waals surface area (Å²) in [5.74, 6) is 0.408. The Morgan fingerprint density at radius 3 is 2.75 bits per heavy atom. The van der Waals surface area contributed by atoms with E-state index in [-0.39, 0.29) is 11.6 Å². The van der Waals surface area contributed by atoms with Gasteiger partial charge in [0.05, 0.1) is 12.4 Å². The second kappa shape index (κ2) is 7.10. The zero-order chi connectivity index (χ0) is 17.2. The average Bonchev–Trinajstić information content (AvgIpc) is 2.56. The van der Waals surface area contributed by atoms with Crippen LogP contribution in [0, 0.1) is 0 Å². The highest BCUT2D eigenvalue weighted by atomic mass is 32.2. The fraction of sp³-hybridized carbons (Fsp3) is 0.188. The van der Waals surface area contributed by atoms with Crippen molar-refractivity contribution in [2.24, 2.45) is 0 Å². The third kappa shape index (κ3) is 3.72. The molecule has 0 bridgehead atoms. The van der Waals surface area contributed by atoms with Gasteiger partial charge in [-0.15, -0.1) is 0 Å². The standard InChI is InChI=1S/C16H16N2O3S3/c1-2-18-11-17-24(19,20)15-10-12(8-9-14(15)18)21-16(22)23-13-6-4-3-5-7-13/h3-10,17H,2,11H2,1H3. The Bertz CT molecular complexity index is 854. The van der Waals surface area contributed by atoms with E-state index in [2.05, 4.69) is 4.72 Å². The third-order valence-corrected chi connectivity index (χ3v) is 6.04. The summed E-state index contributed by atoms with van der Waals surface area (Å²) in [6.07, 6.45) is 0. The number of ether oxygens (including phenoxy) is 1. The number of fused-ring (bicyclic) bond motifs is 1. The maximum atomic E-state index is 12.2. The Morgan fingerprint density at radius 2 is 2.04 bits per heavy atom. The SMILES string of the molecule is CCN1CNS(=O)(=O)c2cc(OC(=S)Sc3ccccc3)ccc21. The van der Waals surface area contributed by atoms with Crippen LogP contribution < -0.4 is 14.4 Å². The first kappa shape index (κ1) is 17.2. The van der Waals surface area contributed by atoms with Gasteiger partial charge in [0.1, 0.15) is 10.6 Å². The van der Waals surface area contributed by atoms with Crippen LogP contribution in [0.1, 0.15) is 6.92 Å². The van der Waals surface area contributed by atoms with Crippen molar-refractivity contribution in [3.05, 3.63) is 48.5 Å². The van der Waals surface area contributed by atoms with Crippen molar-refractivity contribution >= 4 is 44.1 Å². The summed E-state index contributed by atoms with van der Waals surface area (Å²) < 4.78 is 32.9. The highest BCUT2D eigenvalue weighted by Crippen LogP contribution is 2.32. The van der Waals surface area contributed by atoms with E-state index in [1.807, 2.05) is 42.2 Å². The van der Waals surface area contributed by atoms with Crippen LogP contribution in [0.5, 0.6) is 5.75 Å². The van der Waals surface area contributed by atoms with Crippen LogP contribution in [0.3, 0.4) is 0 Å². The molecular formula is C16H16N2O3S3. The van der Waals surface area contributed by atoms with Gasteiger partial charge < -0.3 is 9.64 Å². The molecule has 0 amide bonds. The number of thioether (sulfide) groups is 1. The van der Waals surface area contributed by atoms with Gasteiger partial charge in [-0.3, -0.25) is 0 Å². The van der Waals surface area contributed by atoms with E-state index in [1.165, 1.54) is 17.8 Å². The molecule has 0 radical (unpaired) electrons. The van der Waals surface area contributed by atoms with E-state index >= 15 is 0 Å². The number of rotatable bonds is 3. The molecule has 2 aromatic rings. The Labute approximate surface area is 151 Å². The molecule has 0 aliphatic carbocycles. The number of nitrogens with one attached hydrogen (secondary N) is 1. The van der Waals surface area contributed by atoms with E-state index < -0.39 is 10.0 Å². The van der Waals surface area contributed by atoms with E-state index in [1.54, 1.807) is 12.1 Å². The molecule has 0 saturated carbocycles. The van der Waals surface area contributed by atoms with Gasteiger partial charge in [-0.05, 0) is 55.2 Å².